The molecule has 18 heteroatoms. The van der Waals surface area contributed by atoms with Gasteiger partial charge in [0.2, 0.25) is 41.4 Å². The molecule has 0 aromatic carbocycles. The number of aliphatic hydroxyl groups is 1. The van der Waals surface area contributed by atoms with Crippen molar-refractivity contribution in [2.75, 3.05) is 19.6 Å². The van der Waals surface area contributed by atoms with E-state index in [9.17, 15) is 38.7 Å². The minimum Gasteiger partial charge on any atom is -0.391 e. The van der Waals surface area contributed by atoms with E-state index in [1.54, 1.807) is 27.7 Å². The summed E-state index contributed by atoms with van der Waals surface area (Å²) < 4.78 is 0. The van der Waals surface area contributed by atoms with E-state index in [2.05, 4.69) is 36.9 Å². The number of guanidine groups is 1. The molecular weight excluding hydrogens is 700 g/mol. The molecule has 1 fully saturated rings. The number of nitrogens with two attached hydrogens (primary N) is 2. The van der Waals surface area contributed by atoms with Crippen LogP contribution in [0.3, 0.4) is 0 Å². The van der Waals surface area contributed by atoms with Crippen molar-refractivity contribution in [3.8, 4) is 0 Å². The molecule has 0 saturated carbocycles. The largest absolute Gasteiger partial charge is 0.391 e. The van der Waals surface area contributed by atoms with Crippen LogP contribution in [-0.4, -0.2) is 119 Å². The summed E-state index contributed by atoms with van der Waals surface area (Å²) in [5.41, 5.74) is 10.9. The lowest BCUT2D eigenvalue weighted by molar-refractivity contribution is -0.142. The number of likely N-dealkylation sites (tertiary alicyclic amines) is 1. The lowest BCUT2D eigenvalue weighted by atomic mass is 9.96. The van der Waals surface area contributed by atoms with Crippen LogP contribution in [0.25, 0.3) is 0 Å². The molecule has 9 atom stereocenters. The summed E-state index contributed by atoms with van der Waals surface area (Å²) in [5.74, 6) is -4.76. The number of carbonyl (C=O) groups excluding carboxylic acids is 7. The van der Waals surface area contributed by atoms with Crippen molar-refractivity contribution in [3.05, 3.63) is 0 Å². The summed E-state index contributed by atoms with van der Waals surface area (Å²) in [5, 5.41) is 26.5. The molecule has 1 heterocycles. The second kappa shape index (κ2) is 24.0. The molecule has 0 aromatic heterocycles. The lowest BCUT2D eigenvalue weighted by Gasteiger charge is -2.31. The lowest BCUT2D eigenvalue weighted by Crippen LogP contribution is -2.62. The highest BCUT2D eigenvalue weighted by Crippen LogP contribution is 2.20. The fraction of sp³-hybridized carbons (Fsp3) is 0.778. The molecule has 1 rings (SSSR count). The minimum absolute atomic E-state index is 0.117. The van der Waals surface area contributed by atoms with Gasteiger partial charge in [0.05, 0.1) is 6.10 Å². The molecule has 0 radical (unpaired) electrons. The summed E-state index contributed by atoms with van der Waals surface area (Å²) in [4.78, 5) is 98.4. The number of aliphatic imine (C=N–C) groups is 1. The summed E-state index contributed by atoms with van der Waals surface area (Å²) in [6.45, 7) is 14.3. The molecular formula is C36H66N10O8. The molecule has 0 aromatic rings. The predicted octanol–water partition coefficient (Wildman–Crippen LogP) is -1.12. The van der Waals surface area contributed by atoms with Crippen molar-refractivity contribution in [3.63, 3.8) is 0 Å². The van der Waals surface area contributed by atoms with Crippen LogP contribution in [0.4, 0.5) is 0 Å². The van der Waals surface area contributed by atoms with Crippen molar-refractivity contribution in [1.29, 1.82) is 0 Å². The molecule has 0 unspecified atom stereocenters. The Kier molecular flexibility index (Phi) is 21.2. The monoisotopic (exact) mass is 767 g/mol. The van der Waals surface area contributed by atoms with E-state index in [1.807, 2.05) is 13.8 Å². The van der Waals surface area contributed by atoms with Gasteiger partial charge in [-0.2, -0.15) is 0 Å². The highest BCUT2D eigenvalue weighted by molar-refractivity contribution is 5.97. The van der Waals surface area contributed by atoms with Crippen molar-refractivity contribution < 1.29 is 38.7 Å². The Morgan fingerprint density at radius 3 is 1.81 bits per heavy atom. The topological polar surface area (TPSA) is 280 Å². The molecule has 0 bridgehead atoms. The van der Waals surface area contributed by atoms with Gasteiger partial charge in [-0.25, -0.2) is 0 Å². The predicted molar refractivity (Wildman–Crippen MR) is 204 cm³/mol. The standard InChI is InChI=1S/C36H66N10O8/c1-9-15-24(42-34(53)29(22(7)47)45-33(52)27(20(5)10-2)41-23(8)48)30(49)44-28(21(6)11-3)32(51)43-25(16-13-18-40-36(37)38)35(54)46-19-14-17-26(46)31(50)39-12-4/h20-22,24-29,47H,9-19H2,1-8H3,(H,39,50)(H,41,48)(H,42,53)(H,43,51)(H,44,49)(H,45,52)(H4,37,38,40)/t20-,21-,22+,24-,25-,26-,27+,28+,29-/m0/s1. The maximum atomic E-state index is 14.0. The third-order valence-electron chi connectivity index (χ3n) is 9.67. The second-order valence-corrected chi connectivity index (χ2v) is 14.1. The van der Waals surface area contributed by atoms with Gasteiger partial charge in [-0.1, -0.05) is 53.9 Å². The molecule has 7 amide bonds. The van der Waals surface area contributed by atoms with Gasteiger partial charge < -0.3 is 53.4 Å². The van der Waals surface area contributed by atoms with Gasteiger partial charge in [0.1, 0.15) is 36.3 Å². The first-order chi connectivity index (χ1) is 25.4. The molecule has 1 saturated heterocycles. The van der Waals surface area contributed by atoms with Gasteiger partial charge in [0, 0.05) is 26.6 Å². The minimum atomic E-state index is -1.46. The van der Waals surface area contributed by atoms with Crippen LogP contribution in [0.1, 0.15) is 107 Å². The first kappa shape index (κ1) is 47.5. The fourth-order valence-electron chi connectivity index (χ4n) is 6.16. The summed E-state index contributed by atoms with van der Waals surface area (Å²) in [6, 6.07) is -6.43. The zero-order valence-corrected chi connectivity index (χ0v) is 33.3. The van der Waals surface area contributed by atoms with E-state index in [4.69, 9.17) is 11.5 Å². The Morgan fingerprint density at radius 1 is 0.759 bits per heavy atom. The number of aliphatic hydroxyl groups excluding tert-OH is 1. The summed E-state index contributed by atoms with van der Waals surface area (Å²) in [6.07, 6.45) is 1.87. The average molecular weight is 767 g/mol. The highest BCUT2D eigenvalue weighted by Gasteiger charge is 2.39. The Morgan fingerprint density at radius 2 is 1.30 bits per heavy atom. The van der Waals surface area contributed by atoms with Crippen LogP contribution in [-0.2, 0) is 33.6 Å². The number of nitrogens with zero attached hydrogens (tertiary/aromatic N) is 2. The van der Waals surface area contributed by atoms with Gasteiger partial charge in [0.15, 0.2) is 5.96 Å². The third-order valence-corrected chi connectivity index (χ3v) is 9.67. The van der Waals surface area contributed by atoms with Crippen LogP contribution in [0.2, 0.25) is 0 Å². The molecule has 308 valence electrons. The van der Waals surface area contributed by atoms with Crippen molar-refractivity contribution >= 4 is 47.3 Å². The number of likely N-dealkylation sites (N-methyl/N-ethyl adjacent to an activating group) is 1. The van der Waals surface area contributed by atoms with Crippen LogP contribution in [0, 0.1) is 11.8 Å². The van der Waals surface area contributed by atoms with Crippen LogP contribution in [0.5, 0.6) is 0 Å². The van der Waals surface area contributed by atoms with E-state index in [1.165, 1.54) is 18.7 Å². The van der Waals surface area contributed by atoms with E-state index in [0.29, 0.717) is 51.6 Å². The van der Waals surface area contributed by atoms with E-state index in [0.717, 1.165) is 0 Å². The molecule has 54 heavy (non-hydrogen) atoms. The van der Waals surface area contributed by atoms with Crippen LogP contribution in [0.15, 0.2) is 4.99 Å². The Bertz CT molecular complexity index is 1310. The smallest absolute Gasteiger partial charge is 0.245 e. The first-order valence-corrected chi connectivity index (χ1v) is 19.2. The van der Waals surface area contributed by atoms with E-state index >= 15 is 0 Å². The third kappa shape index (κ3) is 15.1. The maximum Gasteiger partial charge on any atom is 0.245 e. The van der Waals surface area contributed by atoms with E-state index < -0.39 is 83.7 Å². The summed E-state index contributed by atoms with van der Waals surface area (Å²) in [7, 11) is 0. The number of hydrogen-bond donors (Lipinski definition) is 9. The first-order valence-electron chi connectivity index (χ1n) is 19.2. The number of hydrogen-bond acceptors (Lipinski definition) is 9. The zero-order valence-electron chi connectivity index (χ0n) is 33.3. The van der Waals surface area contributed by atoms with Gasteiger partial charge in [-0.3, -0.25) is 38.6 Å². The highest BCUT2D eigenvalue weighted by atomic mass is 16.3. The molecule has 18 nitrogen and oxygen atoms in total. The maximum absolute atomic E-state index is 14.0. The van der Waals surface area contributed by atoms with Gasteiger partial charge in [0.25, 0.3) is 0 Å². The quantitative estimate of drug-likeness (QED) is 0.0343. The average Bonchev–Trinajstić information content (AvgIpc) is 3.61. The molecule has 11 N–H and O–H groups in total. The zero-order chi connectivity index (χ0) is 41.1. The van der Waals surface area contributed by atoms with Crippen molar-refractivity contribution in [2.24, 2.45) is 28.3 Å². The Balaban J connectivity index is 3.29. The van der Waals surface area contributed by atoms with Crippen molar-refractivity contribution in [1.82, 2.24) is 36.8 Å². The van der Waals surface area contributed by atoms with Gasteiger partial charge in [-0.05, 0) is 57.8 Å². The SMILES string of the molecule is CCC[C@H](NC(=O)[C@@H](NC(=O)[C@H](NC(C)=O)[C@@H](C)CC)[C@@H](C)O)C(=O)N[C@@H](C(=O)N[C@@H](CCCN=C(N)N)C(=O)N1CCC[C@H]1C(=O)NCC)[C@@H](C)CC. The van der Waals surface area contributed by atoms with Crippen LogP contribution < -0.4 is 43.4 Å². The van der Waals surface area contributed by atoms with Crippen molar-refractivity contribution in [2.45, 2.75) is 149 Å². The number of rotatable bonds is 23. The van der Waals surface area contributed by atoms with Crippen LogP contribution >= 0.6 is 0 Å². The Hall–Kier alpha value is -4.48. The van der Waals surface area contributed by atoms with Gasteiger partial charge in [-0.15, -0.1) is 0 Å². The van der Waals surface area contributed by atoms with E-state index in [-0.39, 0.29) is 37.2 Å². The fourth-order valence-corrected chi connectivity index (χ4v) is 6.16. The molecule has 1 aliphatic heterocycles. The molecule has 0 aliphatic carbocycles. The number of nitrogens with one attached hydrogen (secondary N) is 6. The summed E-state index contributed by atoms with van der Waals surface area (Å²) >= 11 is 0. The second-order valence-electron chi connectivity index (χ2n) is 14.1. The number of amides is 7. The number of carbonyl (C=O) groups is 7. The van der Waals surface area contributed by atoms with Gasteiger partial charge >= 0.3 is 0 Å². The molecule has 0 spiro atoms. The molecule has 1 aliphatic rings. The normalized spacial score (nSPS) is 18.3. The Labute approximate surface area is 319 Å².